The van der Waals surface area contributed by atoms with Crippen LogP contribution in [0, 0.1) is 0 Å². The van der Waals surface area contributed by atoms with E-state index in [4.69, 9.17) is 4.74 Å². The van der Waals surface area contributed by atoms with Gasteiger partial charge in [-0.25, -0.2) is 4.98 Å². The van der Waals surface area contributed by atoms with Gasteiger partial charge in [0.1, 0.15) is 11.6 Å². The molecule has 0 atom stereocenters. The number of rotatable bonds is 5. The van der Waals surface area contributed by atoms with Gasteiger partial charge in [-0.2, -0.15) is 0 Å². The molecule has 1 aliphatic heterocycles. The van der Waals surface area contributed by atoms with Gasteiger partial charge in [0, 0.05) is 31.0 Å². The maximum atomic E-state index is 12.8. The van der Waals surface area contributed by atoms with Crippen LogP contribution in [-0.2, 0) is 0 Å². The zero-order valence-electron chi connectivity index (χ0n) is 15.0. The summed E-state index contributed by atoms with van der Waals surface area (Å²) >= 11 is 0. The molecular weight excluding hydrogens is 326 g/mol. The second kappa shape index (κ2) is 7.77. The standard InChI is InChI=1S/C21H25N3O2/c25-21(19-11-6-12-22-20(19)24-13-3-4-14-24)23-16-7-5-10-18(15-16)26-17-8-1-2-9-17/h5-7,10-12,15,17H,1-4,8-9,13-14H2,(H,23,25). The molecule has 0 spiro atoms. The predicted octanol–water partition coefficient (Wildman–Crippen LogP) is 4.26. The van der Waals surface area contributed by atoms with Crippen LogP contribution in [0.1, 0.15) is 48.9 Å². The van der Waals surface area contributed by atoms with Crippen molar-refractivity contribution in [3.63, 3.8) is 0 Å². The number of hydrogen-bond donors (Lipinski definition) is 1. The summed E-state index contributed by atoms with van der Waals surface area (Å²) in [6.07, 6.45) is 9.07. The molecule has 1 N–H and O–H groups in total. The summed E-state index contributed by atoms with van der Waals surface area (Å²) in [5.74, 6) is 1.47. The van der Waals surface area contributed by atoms with E-state index in [9.17, 15) is 4.79 Å². The molecule has 5 nitrogen and oxygen atoms in total. The Balaban J connectivity index is 1.48. The molecule has 0 unspecified atom stereocenters. The fourth-order valence-electron chi connectivity index (χ4n) is 3.80. The number of benzene rings is 1. The first kappa shape index (κ1) is 16.9. The average Bonchev–Trinajstić information content (AvgIpc) is 3.36. The summed E-state index contributed by atoms with van der Waals surface area (Å²) in [6.45, 7) is 1.92. The number of pyridine rings is 1. The highest BCUT2D eigenvalue weighted by Gasteiger charge is 2.21. The Morgan fingerprint density at radius 2 is 1.88 bits per heavy atom. The van der Waals surface area contributed by atoms with Crippen molar-refractivity contribution >= 4 is 17.4 Å². The predicted molar refractivity (Wildman–Crippen MR) is 103 cm³/mol. The molecule has 26 heavy (non-hydrogen) atoms. The highest BCUT2D eigenvalue weighted by molar-refractivity contribution is 6.07. The van der Waals surface area contributed by atoms with Crippen LogP contribution in [0.4, 0.5) is 11.5 Å². The number of amides is 1. The van der Waals surface area contributed by atoms with Crippen molar-refractivity contribution in [3.05, 3.63) is 48.2 Å². The zero-order chi connectivity index (χ0) is 17.8. The molecule has 2 aliphatic rings. The van der Waals surface area contributed by atoms with E-state index in [1.54, 1.807) is 6.20 Å². The van der Waals surface area contributed by atoms with Gasteiger partial charge < -0.3 is 15.0 Å². The summed E-state index contributed by atoms with van der Waals surface area (Å²) in [4.78, 5) is 19.5. The molecule has 4 rings (SSSR count). The number of anilines is 2. The molecule has 0 radical (unpaired) electrons. The number of nitrogens with zero attached hydrogens (tertiary/aromatic N) is 2. The summed E-state index contributed by atoms with van der Waals surface area (Å²) in [5.41, 5.74) is 1.37. The fraction of sp³-hybridized carbons (Fsp3) is 0.429. The summed E-state index contributed by atoms with van der Waals surface area (Å²) < 4.78 is 6.04. The summed E-state index contributed by atoms with van der Waals surface area (Å²) in [7, 11) is 0. The fourth-order valence-corrected chi connectivity index (χ4v) is 3.80. The van der Waals surface area contributed by atoms with Crippen LogP contribution in [0.25, 0.3) is 0 Å². The normalized spacial score (nSPS) is 17.5. The molecule has 1 aromatic carbocycles. The molecule has 1 aliphatic carbocycles. The molecule has 1 saturated carbocycles. The third kappa shape index (κ3) is 3.82. The van der Waals surface area contributed by atoms with E-state index in [1.165, 1.54) is 12.8 Å². The lowest BCUT2D eigenvalue weighted by Crippen LogP contribution is -2.24. The topological polar surface area (TPSA) is 54.5 Å². The van der Waals surface area contributed by atoms with Crippen molar-refractivity contribution in [2.24, 2.45) is 0 Å². The van der Waals surface area contributed by atoms with E-state index in [2.05, 4.69) is 15.2 Å². The highest BCUT2D eigenvalue weighted by atomic mass is 16.5. The van der Waals surface area contributed by atoms with Crippen LogP contribution in [-0.4, -0.2) is 30.1 Å². The number of carbonyl (C=O) groups is 1. The van der Waals surface area contributed by atoms with Crippen LogP contribution in [0.5, 0.6) is 5.75 Å². The zero-order valence-corrected chi connectivity index (χ0v) is 15.0. The van der Waals surface area contributed by atoms with Crippen molar-refractivity contribution in [2.45, 2.75) is 44.6 Å². The minimum Gasteiger partial charge on any atom is -0.490 e. The monoisotopic (exact) mass is 351 g/mol. The highest BCUT2D eigenvalue weighted by Crippen LogP contribution is 2.27. The van der Waals surface area contributed by atoms with E-state index in [-0.39, 0.29) is 5.91 Å². The Kier molecular flexibility index (Phi) is 5.04. The third-order valence-corrected chi connectivity index (χ3v) is 5.13. The largest absolute Gasteiger partial charge is 0.490 e. The van der Waals surface area contributed by atoms with Gasteiger partial charge in [-0.05, 0) is 62.8 Å². The van der Waals surface area contributed by atoms with E-state index in [1.807, 2.05) is 36.4 Å². The molecule has 2 aromatic rings. The average molecular weight is 351 g/mol. The van der Waals surface area contributed by atoms with Gasteiger partial charge in [0.05, 0.1) is 11.7 Å². The van der Waals surface area contributed by atoms with E-state index in [0.717, 1.165) is 56.0 Å². The molecule has 5 heteroatoms. The third-order valence-electron chi connectivity index (χ3n) is 5.13. The maximum absolute atomic E-state index is 12.8. The Bertz CT molecular complexity index is 765. The van der Waals surface area contributed by atoms with Crippen molar-refractivity contribution in [3.8, 4) is 5.75 Å². The van der Waals surface area contributed by atoms with Crippen molar-refractivity contribution < 1.29 is 9.53 Å². The molecule has 1 saturated heterocycles. The number of carbonyl (C=O) groups excluding carboxylic acids is 1. The van der Waals surface area contributed by atoms with Gasteiger partial charge >= 0.3 is 0 Å². The molecule has 1 aromatic heterocycles. The van der Waals surface area contributed by atoms with E-state index in [0.29, 0.717) is 11.7 Å². The Morgan fingerprint density at radius 3 is 2.69 bits per heavy atom. The Morgan fingerprint density at radius 1 is 1.08 bits per heavy atom. The maximum Gasteiger partial charge on any atom is 0.259 e. The molecule has 0 bridgehead atoms. The van der Waals surface area contributed by atoms with Gasteiger partial charge in [-0.15, -0.1) is 0 Å². The summed E-state index contributed by atoms with van der Waals surface area (Å²) in [5, 5.41) is 3.00. The van der Waals surface area contributed by atoms with Crippen molar-refractivity contribution in [2.75, 3.05) is 23.3 Å². The number of hydrogen-bond acceptors (Lipinski definition) is 4. The van der Waals surface area contributed by atoms with Crippen LogP contribution in [0.15, 0.2) is 42.6 Å². The van der Waals surface area contributed by atoms with Gasteiger partial charge in [0.2, 0.25) is 0 Å². The molecular formula is C21H25N3O2. The Labute approximate surface area is 154 Å². The van der Waals surface area contributed by atoms with Crippen molar-refractivity contribution in [1.82, 2.24) is 4.98 Å². The Hall–Kier alpha value is -2.56. The molecule has 1 amide bonds. The van der Waals surface area contributed by atoms with E-state index < -0.39 is 0 Å². The van der Waals surface area contributed by atoms with E-state index >= 15 is 0 Å². The molecule has 2 heterocycles. The number of aromatic nitrogens is 1. The van der Waals surface area contributed by atoms with Gasteiger partial charge in [0.25, 0.3) is 5.91 Å². The van der Waals surface area contributed by atoms with Crippen molar-refractivity contribution in [1.29, 1.82) is 0 Å². The van der Waals surface area contributed by atoms with Crippen LogP contribution in [0.2, 0.25) is 0 Å². The SMILES string of the molecule is O=C(Nc1cccc(OC2CCCC2)c1)c1cccnc1N1CCCC1. The lowest BCUT2D eigenvalue weighted by Gasteiger charge is -2.19. The number of nitrogens with one attached hydrogen (secondary N) is 1. The van der Waals surface area contributed by atoms with Gasteiger partial charge in [0.15, 0.2) is 0 Å². The molecule has 2 fully saturated rings. The first-order valence-corrected chi connectivity index (χ1v) is 9.58. The van der Waals surface area contributed by atoms with Crippen LogP contribution < -0.4 is 15.0 Å². The number of ether oxygens (including phenoxy) is 1. The first-order valence-electron chi connectivity index (χ1n) is 9.58. The second-order valence-electron chi connectivity index (χ2n) is 7.07. The lowest BCUT2D eigenvalue weighted by atomic mass is 10.2. The smallest absolute Gasteiger partial charge is 0.259 e. The molecule has 136 valence electrons. The van der Waals surface area contributed by atoms with Gasteiger partial charge in [-0.1, -0.05) is 6.07 Å². The second-order valence-corrected chi connectivity index (χ2v) is 7.07. The van der Waals surface area contributed by atoms with Crippen LogP contribution >= 0.6 is 0 Å². The van der Waals surface area contributed by atoms with Crippen LogP contribution in [0.3, 0.4) is 0 Å². The minimum absolute atomic E-state index is 0.127. The first-order chi connectivity index (χ1) is 12.8. The summed E-state index contributed by atoms with van der Waals surface area (Å²) in [6, 6.07) is 11.3. The lowest BCUT2D eigenvalue weighted by molar-refractivity contribution is 0.102. The van der Waals surface area contributed by atoms with Gasteiger partial charge in [-0.3, -0.25) is 4.79 Å². The quantitative estimate of drug-likeness (QED) is 0.875. The minimum atomic E-state index is -0.127.